The van der Waals surface area contributed by atoms with E-state index in [-0.39, 0.29) is 16.1 Å². The Hall–Kier alpha value is -1.24. The van der Waals surface area contributed by atoms with Crippen molar-refractivity contribution >= 4 is 29.2 Å². The van der Waals surface area contributed by atoms with Crippen molar-refractivity contribution in [2.45, 2.75) is 0 Å². The molecule has 0 aromatic heterocycles. The molecule has 0 heterocycles. The summed E-state index contributed by atoms with van der Waals surface area (Å²) in [5, 5.41) is 9.15. The third-order valence-electron chi connectivity index (χ3n) is 1.56. The van der Waals surface area contributed by atoms with Gasteiger partial charge in [0.25, 0.3) is 0 Å². The molecule has 72 valence electrons. The van der Waals surface area contributed by atoms with Crippen LogP contribution in [0.1, 0.15) is 15.9 Å². The topological polar surface area (TPSA) is 50.1 Å². The van der Waals surface area contributed by atoms with E-state index in [1.165, 1.54) is 19.2 Å². The van der Waals surface area contributed by atoms with Crippen LogP contribution >= 0.6 is 23.2 Å². The number of nitriles is 1. The molecule has 0 saturated heterocycles. The Labute approximate surface area is 90.8 Å². The number of esters is 1. The van der Waals surface area contributed by atoms with Crippen LogP contribution in [0.5, 0.6) is 0 Å². The standard InChI is InChI=1S/C9H5Cl2NO2/c1-14-9(13)8-5(4-12)2-6(10)3-7(8)11/h2-3H,1H3. The number of rotatable bonds is 1. The monoisotopic (exact) mass is 229 g/mol. The van der Waals surface area contributed by atoms with E-state index in [1.54, 1.807) is 0 Å². The highest BCUT2D eigenvalue weighted by molar-refractivity contribution is 6.37. The summed E-state index contributed by atoms with van der Waals surface area (Å²) in [6.07, 6.45) is 0. The van der Waals surface area contributed by atoms with Crippen LogP contribution in [0.3, 0.4) is 0 Å². The van der Waals surface area contributed by atoms with E-state index < -0.39 is 5.97 Å². The number of ether oxygens (including phenoxy) is 1. The molecule has 0 aliphatic rings. The molecule has 14 heavy (non-hydrogen) atoms. The Morgan fingerprint density at radius 2 is 2.14 bits per heavy atom. The van der Waals surface area contributed by atoms with Crippen LogP contribution in [0.4, 0.5) is 0 Å². The summed E-state index contributed by atoms with van der Waals surface area (Å²) in [5.41, 5.74) is 0.149. The van der Waals surface area contributed by atoms with E-state index in [9.17, 15) is 4.79 Å². The molecule has 3 nitrogen and oxygen atoms in total. The molecular formula is C9H5Cl2NO2. The van der Waals surface area contributed by atoms with Crippen molar-refractivity contribution in [1.82, 2.24) is 0 Å². The third-order valence-corrected chi connectivity index (χ3v) is 2.08. The second kappa shape index (κ2) is 4.32. The average molecular weight is 230 g/mol. The highest BCUT2D eigenvalue weighted by atomic mass is 35.5. The van der Waals surface area contributed by atoms with Gasteiger partial charge >= 0.3 is 5.97 Å². The van der Waals surface area contributed by atoms with E-state index in [0.29, 0.717) is 5.02 Å². The van der Waals surface area contributed by atoms with Crippen LogP contribution in [0.25, 0.3) is 0 Å². The molecule has 0 saturated carbocycles. The van der Waals surface area contributed by atoms with Crippen LogP contribution in [-0.2, 0) is 4.74 Å². The molecule has 0 aliphatic carbocycles. The number of carbonyl (C=O) groups excluding carboxylic acids is 1. The average Bonchev–Trinajstić information content (AvgIpc) is 2.15. The zero-order chi connectivity index (χ0) is 10.7. The molecule has 5 heteroatoms. The van der Waals surface area contributed by atoms with Crippen molar-refractivity contribution in [3.8, 4) is 6.07 Å². The van der Waals surface area contributed by atoms with Gasteiger partial charge in [-0.05, 0) is 12.1 Å². The van der Waals surface area contributed by atoms with Crippen molar-refractivity contribution in [3.63, 3.8) is 0 Å². The molecule has 0 radical (unpaired) electrons. The van der Waals surface area contributed by atoms with Gasteiger partial charge in [0.2, 0.25) is 0 Å². The van der Waals surface area contributed by atoms with E-state index in [4.69, 9.17) is 28.5 Å². The normalized spacial score (nSPS) is 9.29. The molecule has 1 rings (SSSR count). The molecule has 0 unspecified atom stereocenters. The van der Waals surface area contributed by atoms with Crippen LogP contribution in [0.2, 0.25) is 10.0 Å². The first-order valence-electron chi connectivity index (χ1n) is 3.57. The highest BCUT2D eigenvalue weighted by Gasteiger charge is 2.16. The van der Waals surface area contributed by atoms with Gasteiger partial charge < -0.3 is 4.74 Å². The molecule has 0 aliphatic heterocycles. The van der Waals surface area contributed by atoms with Crippen molar-refractivity contribution in [3.05, 3.63) is 33.3 Å². The SMILES string of the molecule is COC(=O)c1c(Cl)cc(Cl)cc1C#N. The summed E-state index contributed by atoms with van der Waals surface area (Å²) in [4.78, 5) is 11.2. The number of methoxy groups -OCH3 is 1. The van der Waals surface area contributed by atoms with E-state index in [1.807, 2.05) is 6.07 Å². The minimum Gasteiger partial charge on any atom is -0.465 e. The molecule has 0 amide bonds. The quantitative estimate of drug-likeness (QED) is 0.696. The molecular weight excluding hydrogens is 225 g/mol. The fourth-order valence-electron chi connectivity index (χ4n) is 0.971. The number of benzene rings is 1. The largest absolute Gasteiger partial charge is 0.465 e. The highest BCUT2D eigenvalue weighted by Crippen LogP contribution is 2.25. The fourth-order valence-corrected chi connectivity index (χ4v) is 1.54. The third kappa shape index (κ3) is 1.98. The molecule has 1 aromatic carbocycles. The fraction of sp³-hybridized carbons (Fsp3) is 0.111. The van der Waals surface area contributed by atoms with Crippen LogP contribution in [-0.4, -0.2) is 13.1 Å². The van der Waals surface area contributed by atoms with E-state index in [2.05, 4.69) is 4.74 Å². The van der Waals surface area contributed by atoms with Gasteiger partial charge in [0.15, 0.2) is 0 Å². The van der Waals surface area contributed by atoms with Gasteiger partial charge in [0.05, 0.1) is 23.3 Å². The summed E-state index contributed by atoms with van der Waals surface area (Å²) in [6, 6.07) is 4.57. The zero-order valence-corrected chi connectivity index (χ0v) is 8.69. The van der Waals surface area contributed by atoms with Crippen molar-refractivity contribution in [1.29, 1.82) is 5.26 Å². The van der Waals surface area contributed by atoms with Crippen molar-refractivity contribution in [2.75, 3.05) is 7.11 Å². The Bertz CT molecular complexity index is 424. The molecule has 1 aromatic rings. The van der Waals surface area contributed by atoms with E-state index in [0.717, 1.165) is 0 Å². The predicted octanol–water partition coefficient (Wildman–Crippen LogP) is 2.65. The first-order valence-corrected chi connectivity index (χ1v) is 4.33. The van der Waals surface area contributed by atoms with Crippen LogP contribution in [0, 0.1) is 11.3 Å². The summed E-state index contributed by atoms with van der Waals surface area (Å²) >= 11 is 11.4. The van der Waals surface area contributed by atoms with Gasteiger partial charge in [0.1, 0.15) is 6.07 Å². The van der Waals surface area contributed by atoms with Gasteiger partial charge in [-0.25, -0.2) is 4.79 Å². The Balaban J connectivity index is 3.42. The van der Waals surface area contributed by atoms with E-state index >= 15 is 0 Å². The smallest absolute Gasteiger partial charge is 0.340 e. The molecule has 0 fully saturated rings. The van der Waals surface area contributed by atoms with Crippen molar-refractivity contribution < 1.29 is 9.53 Å². The van der Waals surface area contributed by atoms with Gasteiger partial charge in [0, 0.05) is 5.02 Å². The summed E-state index contributed by atoms with van der Waals surface area (Å²) < 4.78 is 4.48. The van der Waals surface area contributed by atoms with Crippen molar-refractivity contribution in [2.24, 2.45) is 0 Å². The maximum atomic E-state index is 11.2. The Morgan fingerprint density at radius 1 is 1.50 bits per heavy atom. The van der Waals surface area contributed by atoms with Crippen LogP contribution in [0.15, 0.2) is 12.1 Å². The summed E-state index contributed by atoms with van der Waals surface area (Å²) in [5.74, 6) is -0.650. The van der Waals surface area contributed by atoms with Crippen LogP contribution < -0.4 is 0 Å². The Morgan fingerprint density at radius 3 is 2.64 bits per heavy atom. The van der Waals surface area contributed by atoms with Gasteiger partial charge in [-0.2, -0.15) is 5.26 Å². The molecule has 0 atom stereocenters. The molecule has 0 bridgehead atoms. The lowest BCUT2D eigenvalue weighted by Gasteiger charge is -2.04. The summed E-state index contributed by atoms with van der Waals surface area (Å²) in [7, 11) is 1.22. The van der Waals surface area contributed by atoms with Gasteiger partial charge in [-0.1, -0.05) is 23.2 Å². The first-order chi connectivity index (χ1) is 6.60. The van der Waals surface area contributed by atoms with Gasteiger partial charge in [-0.3, -0.25) is 0 Å². The number of nitrogens with zero attached hydrogens (tertiary/aromatic N) is 1. The minimum atomic E-state index is -0.650. The Kier molecular flexibility index (Phi) is 3.34. The number of carbonyl (C=O) groups is 1. The summed E-state index contributed by atoms with van der Waals surface area (Å²) in [6.45, 7) is 0. The zero-order valence-electron chi connectivity index (χ0n) is 7.17. The molecule has 0 spiro atoms. The maximum Gasteiger partial charge on any atom is 0.340 e. The second-order valence-corrected chi connectivity index (χ2v) is 3.26. The van der Waals surface area contributed by atoms with Gasteiger partial charge in [-0.15, -0.1) is 0 Å². The lowest BCUT2D eigenvalue weighted by Crippen LogP contribution is -2.05. The maximum absolute atomic E-state index is 11.2. The number of hydrogen-bond acceptors (Lipinski definition) is 3. The number of halogens is 2. The number of hydrogen-bond donors (Lipinski definition) is 0. The lowest BCUT2D eigenvalue weighted by atomic mass is 10.1. The molecule has 0 N–H and O–H groups in total. The minimum absolute atomic E-state index is 0.0427. The lowest BCUT2D eigenvalue weighted by molar-refractivity contribution is 0.0600. The first kappa shape index (κ1) is 10.8. The predicted molar refractivity (Wildman–Crippen MR) is 52.5 cm³/mol. The second-order valence-electron chi connectivity index (χ2n) is 2.41.